The molecule has 1 heterocycles. The first-order valence-corrected chi connectivity index (χ1v) is 4.78. The second-order valence-electron chi connectivity index (χ2n) is 3.54. The fraction of sp³-hybridized carbons (Fsp3) is 0.250. The van der Waals surface area contributed by atoms with Crippen LogP contribution in [0.5, 0.6) is 0 Å². The van der Waals surface area contributed by atoms with Gasteiger partial charge in [0.1, 0.15) is 0 Å². The number of hydrogen-bond acceptors (Lipinski definition) is 3. The predicted octanol–water partition coefficient (Wildman–Crippen LogP) is 2.03. The van der Waals surface area contributed by atoms with E-state index < -0.39 is 5.79 Å². The number of rotatable bonds is 3. The van der Waals surface area contributed by atoms with Crippen LogP contribution < -0.4 is 0 Å². The molecule has 1 aliphatic rings. The monoisotopic (exact) mass is 204 g/mol. The Bertz CT molecular complexity index is 383. The SMILES string of the molecule is C[C@@]1(OCc2ccccc2)C=CC(=O)O1. The van der Waals surface area contributed by atoms with Crippen molar-refractivity contribution < 1.29 is 14.3 Å². The van der Waals surface area contributed by atoms with Crippen molar-refractivity contribution in [3.05, 3.63) is 48.0 Å². The van der Waals surface area contributed by atoms with Crippen molar-refractivity contribution >= 4 is 5.97 Å². The lowest BCUT2D eigenvalue weighted by molar-refractivity contribution is -0.194. The fourth-order valence-corrected chi connectivity index (χ4v) is 1.37. The highest BCUT2D eigenvalue weighted by Gasteiger charge is 2.31. The topological polar surface area (TPSA) is 35.5 Å². The van der Waals surface area contributed by atoms with Crippen molar-refractivity contribution in [1.82, 2.24) is 0 Å². The Hall–Kier alpha value is -1.61. The lowest BCUT2D eigenvalue weighted by Gasteiger charge is -2.21. The van der Waals surface area contributed by atoms with Gasteiger partial charge in [0.2, 0.25) is 5.79 Å². The molecule has 0 saturated heterocycles. The first-order chi connectivity index (χ1) is 7.18. The zero-order valence-electron chi connectivity index (χ0n) is 8.47. The molecule has 0 aromatic heterocycles. The van der Waals surface area contributed by atoms with Crippen LogP contribution in [-0.4, -0.2) is 11.8 Å². The minimum absolute atomic E-state index is 0.356. The van der Waals surface area contributed by atoms with Crippen LogP contribution >= 0.6 is 0 Å². The van der Waals surface area contributed by atoms with Gasteiger partial charge < -0.3 is 9.47 Å². The smallest absolute Gasteiger partial charge is 0.333 e. The lowest BCUT2D eigenvalue weighted by Crippen LogP contribution is -2.27. The van der Waals surface area contributed by atoms with Gasteiger partial charge in [-0.1, -0.05) is 30.3 Å². The highest BCUT2D eigenvalue weighted by atomic mass is 16.7. The maximum absolute atomic E-state index is 10.9. The summed E-state index contributed by atoms with van der Waals surface area (Å²) in [6, 6.07) is 9.75. The van der Waals surface area contributed by atoms with Gasteiger partial charge in [0.15, 0.2) is 0 Å². The summed E-state index contributed by atoms with van der Waals surface area (Å²) in [6.07, 6.45) is 3.00. The summed E-state index contributed by atoms with van der Waals surface area (Å²) in [4.78, 5) is 10.9. The van der Waals surface area contributed by atoms with Crippen molar-refractivity contribution in [1.29, 1.82) is 0 Å². The number of carbonyl (C=O) groups is 1. The normalized spacial score (nSPS) is 24.2. The van der Waals surface area contributed by atoms with Crippen LogP contribution in [-0.2, 0) is 20.9 Å². The summed E-state index contributed by atoms with van der Waals surface area (Å²) in [5.74, 6) is -1.27. The molecule has 2 rings (SSSR count). The average Bonchev–Trinajstić information content (AvgIpc) is 2.58. The Morgan fingerprint density at radius 3 is 2.67 bits per heavy atom. The van der Waals surface area contributed by atoms with Crippen LogP contribution in [0.1, 0.15) is 12.5 Å². The minimum Gasteiger partial charge on any atom is -0.426 e. The van der Waals surface area contributed by atoms with Crippen LogP contribution in [0.4, 0.5) is 0 Å². The molecule has 1 aromatic rings. The van der Waals surface area contributed by atoms with E-state index in [0.717, 1.165) is 5.56 Å². The van der Waals surface area contributed by atoms with Gasteiger partial charge in [0, 0.05) is 13.0 Å². The van der Waals surface area contributed by atoms with E-state index in [9.17, 15) is 4.79 Å². The number of esters is 1. The third-order valence-electron chi connectivity index (χ3n) is 2.19. The maximum Gasteiger partial charge on any atom is 0.333 e. The van der Waals surface area contributed by atoms with Gasteiger partial charge in [0.25, 0.3) is 0 Å². The summed E-state index contributed by atoms with van der Waals surface area (Å²) >= 11 is 0. The quantitative estimate of drug-likeness (QED) is 0.707. The Morgan fingerprint density at radius 2 is 2.07 bits per heavy atom. The zero-order valence-corrected chi connectivity index (χ0v) is 8.47. The number of benzene rings is 1. The van der Waals surface area contributed by atoms with Crippen molar-refractivity contribution in [2.45, 2.75) is 19.3 Å². The highest BCUT2D eigenvalue weighted by Crippen LogP contribution is 2.22. The van der Waals surface area contributed by atoms with Crippen LogP contribution in [0.2, 0.25) is 0 Å². The molecule has 1 aromatic carbocycles. The van der Waals surface area contributed by atoms with Gasteiger partial charge in [-0.15, -0.1) is 0 Å². The average molecular weight is 204 g/mol. The van der Waals surface area contributed by atoms with E-state index in [4.69, 9.17) is 9.47 Å². The summed E-state index contributed by atoms with van der Waals surface area (Å²) < 4.78 is 10.5. The molecule has 0 fully saturated rings. The molecule has 0 unspecified atom stereocenters. The van der Waals surface area contributed by atoms with E-state index in [2.05, 4.69) is 0 Å². The summed E-state index contributed by atoms with van der Waals surface area (Å²) in [6.45, 7) is 2.15. The second-order valence-corrected chi connectivity index (χ2v) is 3.54. The number of ether oxygens (including phenoxy) is 2. The second kappa shape index (κ2) is 3.87. The fourth-order valence-electron chi connectivity index (χ4n) is 1.37. The molecule has 3 heteroatoms. The van der Waals surface area contributed by atoms with Crippen molar-refractivity contribution in [3.8, 4) is 0 Å². The largest absolute Gasteiger partial charge is 0.426 e. The first kappa shape index (κ1) is 9.93. The predicted molar refractivity (Wildman–Crippen MR) is 54.9 cm³/mol. The molecule has 0 aliphatic carbocycles. The van der Waals surface area contributed by atoms with Gasteiger partial charge in [-0.3, -0.25) is 0 Å². The molecule has 1 atom stereocenters. The summed E-state index contributed by atoms with van der Waals surface area (Å²) in [7, 11) is 0. The molecule has 15 heavy (non-hydrogen) atoms. The molecule has 0 N–H and O–H groups in total. The molecule has 0 amide bonds. The molecule has 0 bridgehead atoms. The van der Waals surface area contributed by atoms with E-state index in [1.54, 1.807) is 13.0 Å². The third-order valence-corrected chi connectivity index (χ3v) is 2.19. The van der Waals surface area contributed by atoms with E-state index >= 15 is 0 Å². The number of hydrogen-bond donors (Lipinski definition) is 0. The van der Waals surface area contributed by atoms with Gasteiger partial charge in [-0.25, -0.2) is 4.79 Å². The number of carbonyl (C=O) groups excluding carboxylic acids is 1. The Morgan fingerprint density at radius 1 is 1.33 bits per heavy atom. The Balaban J connectivity index is 1.94. The molecule has 0 radical (unpaired) electrons. The van der Waals surface area contributed by atoms with E-state index in [1.807, 2.05) is 30.3 Å². The highest BCUT2D eigenvalue weighted by molar-refractivity contribution is 5.84. The number of cyclic esters (lactones) is 1. The lowest BCUT2D eigenvalue weighted by atomic mass is 10.2. The standard InChI is InChI=1S/C12H12O3/c1-12(8-7-11(13)15-12)14-9-10-5-3-2-4-6-10/h2-8H,9H2,1H3/t12-/m0/s1. The van der Waals surface area contributed by atoms with Gasteiger partial charge >= 0.3 is 5.97 Å². The zero-order chi connectivity index (χ0) is 10.7. The first-order valence-electron chi connectivity index (χ1n) is 4.78. The van der Waals surface area contributed by atoms with Gasteiger partial charge in [0.05, 0.1) is 6.61 Å². The maximum atomic E-state index is 10.9. The van der Waals surface area contributed by atoms with E-state index in [-0.39, 0.29) is 5.97 Å². The van der Waals surface area contributed by atoms with Crippen molar-refractivity contribution in [3.63, 3.8) is 0 Å². The van der Waals surface area contributed by atoms with E-state index in [0.29, 0.717) is 6.61 Å². The van der Waals surface area contributed by atoms with E-state index in [1.165, 1.54) is 6.08 Å². The molecule has 0 saturated carbocycles. The Kier molecular flexibility index (Phi) is 2.56. The summed E-state index contributed by atoms with van der Waals surface area (Å²) in [5, 5.41) is 0. The van der Waals surface area contributed by atoms with Crippen LogP contribution in [0, 0.1) is 0 Å². The third kappa shape index (κ3) is 2.44. The molecule has 0 spiro atoms. The van der Waals surface area contributed by atoms with Gasteiger partial charge in [-0.2, -0.15) is 0 Å². The van der Waals surface area contributed by atoms with Crippen LogP contribution in [0.15, 0.2) is 42.5 Å². The van der Waals surface area contributed by atoms with Crippen molar-refractivity contribution in [2.24, 2.45) is 0 Å². The molecule has 78 valence electrons. The molecule has 1 aliphatic heterocycles. The van der Waals surface area contributed by atoms with Crippen molar-refractivity contribution in [2.75, 3.05) is 0 Å². The molecule has 3 nitrogen and oxygen atoms in total. The molecular formula is C12H12O3. The Labute approximate surface area is 88.3 Å². The molecular weight excluding hydrogens is 192 g/mol. The van der Waals surface area contributed by atoms with Gasteiger partial charge in [-0.05, 0) is 11.6 Å². The van der Waals surface area contributed by atoms with Crippen LogP contribution in [0.25, 0.3) is 0 Å². The van der Waals surface area contributed by atoms with Crippen LogP contribution in [0.3, 0.4) is 0 Å². The summed E-state index contributed by atoms with van der Waals surface area (Å²) in [5.41, 5.74) is 1.05. The minimum atomic E-state index is -0.910.